The maximum absolute atomic E-state index is 11.3. The number of nitro groups is 1. The van der Waals surface area contributed by atoms with E-state index in [4.69, 9.17) is 4.74 Å². The number of fused-ring (bicyclic) bond motifs is 5. The average molecular weight is 376 g/mol. The number of non-ortho nitro benzene ring substituents is 1. The van der Waals surface area contributed by atoms with E-state index in [0.29, 0.717) is 5.92 Å². The zero-order valence-electron chi connectivity index (χ0n) is 16.4. The molecule has 1 N–H and O–H groups in total. The van der Waals surface area contributed by atoms with Gasteiger partial charge in [-0.15, -0.1) is 0 Å². The summed E-state index contributed by atoms with van der Waals surface area (Å²) in [6.07, 6.45) is 4.22. The van der Waals surface area contributed by atoms with E-state index in [1.165, 1.54) is 5.57 Å². The van der Waals surface area contributed by atoms with Crippen LogP contribution >= 0.6 is 0 Å². The van der Waals surface area contributed by atoms with Gasteiger partial charge in [-0.25, -0.2) is 0 Å². The minimum atomic E-state index is -0.323. The predicted molar refractivity (Wildman–Crippen MR) is 110 cm³/mol. The van der Waals surface area contributed by atoms with Crippen LogP contribution in [0.5, 0.6) is 5.75 Å². The molecular weight excluding hydrogens is 352 g/mol. The lowest BCUT2D eigenvalue weighted by Gasteiger charge is -2.54. The summed E-state index contributed by atoms with van der Waals surface area (Å²) in [5, 5.41) is 15.0. The Morgan fingerprint density at radius 2 is 1.96 bits per heavy atom. The summed E-state index contributed by atoms with van der Waals surface area (Å²) in [7, 11) is 0. The molecule has 0 amide bonds. The van der Waals surface area contributed by atoms with Crippen molar-refractivity contribution < 1.29 is 9.66 Å². The fourth-order valence-electron chi connectivity index (χ4n) is 5.37. The molecule has 2 aromatic carbocycles. The topological polar surface area (TPSA) is 64.4 Å². The molecular formula is C23H24N2O3. The van der Waals surface area contributed by atoms with Gasteiger partial charge in [0.05, 0.1) is 11.0 Å². The SMILES string of the molecule is CC1(C)c2cc([N+](=O)[O-])ccc2N[C@H]2C3=Cc4ccccc4O[C@@]3(C)CC[C@@H]21. The van der Waals surface area contributed by atoms with E-state index in [0.717, 1.165) is 35.4 Å². The minimum Gasteiger partial charge on any atom is -0.483 e. The van der Waals surface area contributed by atoms with Crippen LogP contribution in [0.4, 0.5) is 11.4 Å². The van der Waals surface area contributed by atoms with Crippen molar-refractivity contribution in [1.29, 1.82) is 0 Å². The molecule has 3 aliphatic rings. The lowest BCUT2D eigenvalue weighted by molar-refractivity contribution is -0.385. The second-order valence-electron chi connectivity index (χ2n) is 8.95. The lowest BCUT2D eigenvalue weighted by atomic mass is 9.58. The van der Waals surface area contributed by atoms with Crippen molar-refractivity contribution in [3.63, 3.8) is 0 Å². The fraction of sp³-hybridized carbons (Fsp3) is 0.391. The third kappa shape index (κ3) is 2.32. The Morgan fingerprint density at radius 3 is 2.75 bits per heavy atom. The van der Waals surface area contributed by atoms with Crippen molar-refractivity contribution >= 4 is 17.5 Å². The van der Waals surface area contributed by atoms with Crippen LogP contribution < -0.4 is 10.1 Å². The number of ether oxygens (including phenoxy) is 1. The Bertz CT molecular complexity index is 1030. The first-order valence-electron chi connectivity index (χ1n) is 9.85. The van der Waals surface area contributed by atoms with Gasteiger partial charge in [0, 0.05) is 23.4 Å². The van der Waals surface area contributed by atoms with Crippen molar-refractivity contribution in [2.45, 2.75) is 50.7 Å². The van der Waals surface area contributed by atoms with E-state index >= 15 is 0 Å². The van der Waals surface area contributed by atoms with Crippen LogP contribution in [0.2, 0.25) is 0 Å². The number of nitrogens with zero attached hydrogens (tertiary/aromatic N) is 1. The Balaban J connectivity index is 1.64. The van der Waals surface area contributed by atoms with Gasteiger partial charge in [-0.05, 0) is 60.4 Å². The highest BCUT2D eigenvalue weighted by Crippen LogP contribution is 2.54. The molecule has 2 heterocycles. The van der Waals surface area contributed by atoms with Crippen molar-refractivity contribution in [1.82, 2.24) is 0 Å². The average Bonchev–Trinajstić information content (AvgIpc) is 2.65. The zero-order valence-corrected chi connectivity index (χ0v) is 16.4. The molecule has 0 spiro atoms. The molecule has 0 saturated heterocycles. The summed E-state index contributed by atoms with van der Waals surface area (Å²) in [6, 6.07) is 13.5. The van der Waals surface area contributed by atoms with Crippen LogP contribution in [-0.4, -0.2) is 16.6 Å². The first-order chi connectivity index (χ1) is 13.3. The number of hydrogen-bond acceptors (Lipinski definition) is 4. The molecule has 1 fully saturated rings. The van der Waals surface area contributed by atoms with E-state index < -0.39 is 0 Å². The van der Waals surface area contributed by atoms with Gasteiger partial charge < -0.3 is 10.1 Å². The Kier molecular flexibility index (Phi) is 3.46. The van der Waals surface area contributed by atoms with Crippen LogP contribution in [0.15, 0.2) is 48.0 Å². The van der Waals surface area contributed by atoms with Gasteiger partial charge in [0.2, 0.25) is 0 Å². The molecule has 0 unspecified atom stereocenters. The maximum Gasteiger partial charge on any atom is 0.269 e. The van der Waals surface area contributed by atoms with E-state index in [1.807, 2.05) is 24.3 Å². The predicted octanol–water partition coefficient (Wildman–Crippen LogP) is 5.31. The second kappa shape index (κ2) is 5.60. The van der Waals surface area contributed by atoms with Gasteiger partial charge in [-0.1, -0.05) is 32.0 Å². The van der Waals surface area contributed by atoms with Crippen molar-refractivity contribution in [3.8, 4) is 5.75 Å². The molecule has 5 rings (SSSR count). The number of rotatable bonds is 1. The van der Waals surface area contributed by atoms with Gasteiger partial charge in [-0.3, -0.25) is 10.1 Å². The maximum atomic E-state index is 11.3. The number of anilines is 1. The van der Waals surface area contributed by atoms with Crippen LogP contribution in [0.1, 0.15) is 44.7 Å². The van der Waals surface area contributed by atoms with E-state index in [2.05, 4.69) is 38.2 Å². The third-order valence-electron chi connectivity index (χ3n) is 6.99. The van der Waals surface area contributed by atoms with Gasteiger partial charge in [0.1, 0.15) is 11.4 Å². The van der Waals surface area contributed by atoms with E-state index in [1.54, 1.807) is 12.1 Å². The minimum absolute atomic E-state index is 0.149. The van der Waals surface area contributed by atoms with Crippen LogP contribution in [0.25, 0.3) is 6.08 Å². The number of para-hydroxylation sites is 1. The summed E-state index contributed by atoms with van der Waals surface area (Å²) in [5.41, 5.74) is 4.07. The number of nitro benzene ring substituents is 1. The molecule has 0 aromatic heterocycles. The Labute approximate surface area is 164 Å². The largest absolute Gasteiger partial charge is 0.483 e. The van der Waals surface area contributed by atoms with Crippen molar-refractivity contribution in [2.24, 2.45) is 5.92 Å². The first-order valence-corrected chi connectivity index (χ1v) is 9.85. The van der Waals surface area contributed by atoms with Crippen LogP contribution in [-0.2, 0) is 5.41 Å². The summed E-state index contributed by atoms with van der Waals surface area (Å²) in [4.78, 5) is 11.0. The van der Waals surface area contributed by atoms with E-state index in [-0.39, 0.29) is 27.7 Å². The highest BCUT2D eigenvalue weighted by atomic mass is 16.6. The molecule has 5 nitrogen and oxygen atoms in total. The van der Waals surface area contributed by atoms with Crippen molar-refractivity contribution in [2.75, 3.05) is 5.32 Å². The monoisotopic (exact) mass is 376 g/mol. The summed E-state index contributed by atoms with van der Waals surface area (Å²) in [6.45, 7) is 6.62. The van der Waals surface area contributed by atoms with Crippen LogP contribution in [0.3, 0.4) is 0 Å². The molecule has 1 saturated carbocycles. The number of nitrogens with one attached hydrogen (secondary N) is 1. The van der Waals surface area contributed by atoms with Gasteiger partial charge in [-0.2, -0.15) is 0 Å². The quantitative estimate of drug-likeness (QED) is 0.541. The van der Waals surface area contributed by atoms with Gasteiger partial charge >= 0.3 is 0 Å². The van der Waals surface area contributed by atoms with Gasteiger partial charge in [0.15, 0.2) is 0 Å². The Morgan fingerprint density at radius 1 is 1.18 bits per heavy atom. The molecule has 0 radical (unpaired) electrons. The van der Waals surface area contributed by atoms with E-state index in [9.17, 15) is 10.1 Å². The smallest absolute Gasteiger partial charge is 0.269 e. The zero-order chi connectivity index (χ0) is 19.7. The second-order valence-corrected chi connectivity index (χ2v) is 8.95. The molecule has 2 aliphatic heterocycles. The molecule has 144 valence electrons. The fourth-order valence-corrected chi connectivity index (χ4v) is 5.37. The molecule has 1 aliphatic carbocycles. The molecule has 5 heteroatoms. The molecule has 3 atom stereocenters. The summed E-state index contributed by atoms with van der Waals surface area (Å²) < 4.78 is 6.48. The molecule has 0 bridgehead atoms. The van der Waals surface area contributed by atoms with Crippen molar-refractivity contribution in [3.05, 3.63) is 69.3 Å². The lowest BCUT2D eigenvalue weighted by Crippen LogP contribution is -2.57. The number of benzene rings is 2. The number of hydrogen-bond donors (Lipinski definition) is 1. The normalized spacial score (nSPS) is 29.0. The first kappa shape index (κ1) is 17.3. The highest BCUT2D eigenvalue weighted by Gasteiger charge is 2.53. The van der Waals surface area contributed by atoms with Gasteiger partial charge in [0.25, 0.3) is 5.69 Å². The summed E-state index contributed by atoms with van der Waals surface area (Å²) >= 11 is 0. The van der Waals surface area contributed by atoms with Crippen LogP contribution in [0, 0.1) is 16.0 Å². The summed E-state index contributed by atoms with van der Waals surface area (Å²) in [5.74, 6) is 1.29. The molecule has 2 aromatic rings. The highest BCUT2D eigenvalue weighted by molar-refractivity contribution is 5.70. The third-order valence-corrected chi connectivity index (χ3v) is 6.99. The molecule has 28 heavy (non-hydrogen) atoms. The Hall–Kier alpha value is -2.82. The standard InChI is InChI=1S/C23H24N2O3/c1-22(2)16-10-11-23(3)18(12-14-6-4-5-7-20(14)28-23)21(16)24-19-9-8-15(25(26)27)13-17(19)22/h4-9,12-13,16,21,24H,10-11H2,1-3H3/t16-,21+,23-/m0/s1.